The average molecular weight is 417 g/mol. The van der Waals surface area contributed by atoms with Gasteiger partial charge in [-0.15, -0.1) is 0 Å². The molecule has 2 N–H and O–H groups in total. The number of hydrogen-bond donors (Lipinski definition) is 2. The molecule has 31 heavy (non-hydrogen) atoms. The average Bonchev–Trinajstić information content (AvgIpc) is 2.81. The molecule has 3 aromatic rings. The van der Waals surface area contributed by atoms with Crippen LogP contribution in [0.5, 0.6) is 0 Å². The predicted molar refractivity (Wildman–Crippen MR) is 124 cm³/mol. The summed E-state index contributed by atoms with van der Waals surface area (Å²) in [6, 6.07) is 24.9. The fourth-order valence-corrected chi connectivity index (χ4v) is 3.38. The molecule has 0 bridgehead atoms. The van der Waals surface area contributed by atoms with E-state index in [-0.39, 0.29) is 11.8 Å². The highest BCUT2D eigenvalue weighted by molar-refractivity contribution is 6.09. The highest BCUT2D eigenvalue weighted by Crippen LogP contribution is 2.19. The van der Waals surface area contributed by atoms with Gasteiger partial charge >= 0.3 is 0 Å². The molecule has 0 aliphatic carbocycles. The minimum absolute atomic E-state index is 0.218. The van der Waals surface area contributed by atoms with Crippen LogP contribution in [0.1, 0.15) is 38.3 Å². The number of rotatable bonds is 10. The first kappa shape index (κ1) is 22.2. The highest BCUT2D eigenvalue weighted by atomic mass is 16.5. The van der Waals surface area contributed by atoms with E-state index in [1.165, 1.54) is 5.56 Å². The molecule has 0 saturated heterocycles. The molecule has 5 heteroatoms. The maximum absolute atomic E-state index is 13.1. The molecule has 0 atom stereocenters. The van der Waals surface area contributed by atoms with Gasteiger partial charge in [-0.1, -0.05) is 60.7 Å². The van der Waals surface area contributed by atoms with E-state index in [1.54, 1.807) is 31.4 Å². The lowest BCUT2D eigenvalue weighted by Gasteiger charge is -2.13. The topological polar surface area (TPSA) is 67.4 Å². The number of carbonyl (C=O) groups is 2. The summed E-state index contributed by atoms with van der Waals surface area (Å²) in [6.07, 6.45) is 2.34. The zero-order valence-corrected chi connectivity index (χ0v) is 17.8. The largest absolute Gasteiger partial charge is 0.385 e. The van der Waals surface area contributed by atoms with Crippen molar-refractivity contribution in [1.29, 1.82) is 0 Å². The summed E-state index contributed by atoms with van der Waals surface area (Å²) < 4.78 is 5.01. The first-order chi connectivity index (χ1) is 15.2. The molecule has 0 radical (unpaired) electrons. The second-order valence-corrected chi connectivity index (χ2v) is 7.24. The minimum atomic E-state index is -0.219. The van der Waals surface area contributed by atoms with Crippen LogP contribution >= 0.6 is 0 Å². The summed E-state index contributed by atoms with van der Waals surface area (Å²) in [6.45, 7) is 1.09. The van der Waals surface area contributed by atoms with Crippen molar-refractivity contribution in [3.63, 3.8) is 0 Å². The Morgan fingerprint density at radius 3 is 2.23 bits per heavy atom. The van der Waals surface area contributed by atoms with E-state index in [9.17, 15) is 9.59 Å². The molecular weight excluding hydrogens is 388 g/mol. The Bertz CT molecular complexity index is 1000. The lowest BCUT2D eigenvalue weighted by atomic mass is 9.99. The Hall–Kier alpha value is -3.44. The molecule has 0 aliphatic heterocycles. The van der Waals surface area contributed by atoms with Gasteiger partial charge in [-0.3, -0.25) is 9.59 Å². The molecule has 0 aromatic heterocycles. The molecule has 0 heterocycles. The van der Waals surface area contributed by atoms with Gasteiger partial charge < -0.3 is 15.4 Å². The van der Waals surface area contributed by atoms with Crippen molar-refractivity contribution in [3.8, 4) is 0 Å². The standard InChI is InChI=1S/C26H28N2O3/c1-31-19-9-18-27-25(29)23-14-7-8-15-24(23)28-26(30)22-13-6-5-12-21(22)17-16-20-10-3-2-4-11-20/h2-8,10-15H,9,16-19H2,1H3,(H,27,29)(H,28,30). The van der Waals surface area contributed by atoms with Gasteiger partial charge in [0, 0.05) is 25.8 Å². The van der Waals surface area contributed by atoms with Gasteiger partial charge in [0.1, 0.15) is 0 Å². The molecule has 3 aromatic carbocycles. The first-order valence-electron chi connectivity index (χ1n) is 10.5. The molecule has 0 aliphatic rings. The fourth-order valence-electron chi connectivity index (χ4n) is 3.38. The number of amides is 2. The van der Waals surface area contributed by atoms with E-state index in [1.807, 2.05) is 42.5 Å². The number of para-hydroxylation sites is 1. The molecule has 0 unspecified atom stereocenters. The summed E-state index contributed by atoms with van der Waals surface area (Å²) in [7, 11) is 1.63. The van der Waals surface area contributed by atoms with Crippen LogP contribution in [0.4, 0.5) is 5.69 Å². The second-order valence-electron chi connectivity index (χ2n) is 7.24. The van der Waals surface area contributed by atoms with Gasteiger partial charge in [0.15, 0.2) is 0 Å². The summed E-state index contributed by atoms with van der Waals surface area (Å²) in [5.41, 5.74) is 3.76. The molecule has 0 fully saturated rings. The van der Waals surface area contributed by atoms with Gasteiger partial charge in [-0.25, -0.2) is 0 Å². The molecule has 160 valence electrons. The van der Waals surface area contributed by atoms with E-state index in [2.05, 4.69) is 22.8 Å². The number of anilines is 1. The van der Waals surface area contributed by atoms with Gasteiger partial charge in [0.25, 0.3) is 11.8 Å². The van der Waals surface area contributed by atoms with Crippen LogP contribution in [-0.4, -0.2) is 32.1 Å². The van der Waals surface area contributed by atoms with Crippen LogP contribution in [0.15, 0.2) is 78.9 Å². The third-order valence-corrected chi connectivity index (χ3v) is 5.02. The molecule has 2 amide bonds. The van der Waals surface area contributed by atoms with Crippen LogP contribution in [0.25, 0.3) is 0 Å². The third-order valence-electron chi connectivity index (χ3n) is 5.02. The minimum Gasteiger partial charge on any atom is -0.385 e. The summed E-state index contributed by atoms with van der Waals surface area (Å²) in [5, 5.41) is 5.79. The summed E-state index contributed by atoms with van der Waals surface area (Å²) in [5.74, 6) is -0.437. The van der Waals surface area contributed by atoms with E-state index in [0.717, 1.165) is 24.8 Å². The van der Waals surface area contributed by atoms with Crippen LogP contribution in [0.2, 0.25) is 0 Å². The number of ether oxygens (including phenoxy) is 1. The lowest BCUT2D eigenvalue weighted by Crippen LogP contribution is -2.27. The van der Waals surface area contributed by atoms with Crippen molar-refractivity contribution in [2.75, 3.05) is 25.6 Å². The monoisotopic (exact) mass is 416 g/mol. The Kier molecular flexibility index (Phi) is 8.38. The smallest absolute Gasteiger partial charge is 0.255 e. The number of nitrogens with one attached hydrogen (secondary N) is 2. The Morgan fingerprint density at radius 1 is 0.774 bits per heavy atom. The zero-order valence-electron chi connectivity index (χ0n) is 17.8. The van der Waals surface area contributed by atoms with Crippen LogP contribution in [0.3, 0.4) is 0 Å². The Morgan fingerprint density at radius 2 is 1.45 bits per heavy atom. The van der Waals surface area contributed by atoms with Gasteiger partial charge in [0.05, 0.1) is 11.3 Å². The number of carbonyl (C=O) groups excluding carboxylic acids is 2. The van der Waals surface area contributed by atoms with E-state index < -0.39 is 0 Å². The third kappa shape index (κ3) is 6.52. The van der Waals surface area contributed by atoms with E-state index in [4.69, 9.17) is 4.74 Å². The molecular formula is C26H28N2O3. The summed E-state index contributed by atoms with van der Waals surface area (Å²) >= 11 is 0. The van der Waals surface area contributed by atoms with Crippen molar-refractivity contribution in [3.05, 3.63) is 101 Å². The lowest BCUT2D eigenvalue weighted by molar-refractivity contribution is 0.0949. The van der Waals surface area contributed by atoms with Crippen molar-refractivity contribution < 1.29 is 14.3 Å². The summed E-state index contributed by atoms with van der Waals surface area (Å²) in [4.78, 5) is 25.6. The molecule has 3 rings (SSSR count). The van der Waals surface area contributed by atoms with E-state index >= 15 is 0 Å². The zero-order chi connectivity index (χ0) is 21.9. The van der Waals surface area contributed by atoms with Crippen molar-refractivity contribution >= 4 is 17.5 Å². The number of methoxy groups -OCH3 is 1. The van der Waals surface area contributed by atoms with Gasteiger partial charge in [-0.05, 0) is 48.6 Å². The highest BCUT2D eigenvalue weighted by Gasteiger charge is 2.16. The van der Waals surface area contributed by atoms with Gasteiger partial charge in [-0.2, -0.15) is 0 Å². The van der Waals surface area contributed by atoms with E-state index in [0.29, 0.717) is 30.0 Å². The Labute approximate surface area is 183 Å². The second kappa shape index (κ2) is 11.7. The molecule has 0 spiro atoms. The number of aryl methyl sites for hydroxylation is 2. The van der Waals surface area contributed by atoms with Gasteiger partial charge in [0.2, 0.25) is 0 Å². The van der Waals surface area contributed by atoms with Crippen LogP contribution < -0.4 is 10.6 Å². The molecule has 0 saturated carbocycles. The van der Waals surface area contributed by atoms with Crippen molar-refractivity contribution in [1.82, 2.24) is 5.32 Å². The maximum atomic E-state index is 13.1. The fraction of sp³-hybridized carbons (Fsp3) is 0.231. The molecule has 5 nitrogen and oxygen atoms in total. The van der Waals surface area contributed by atoms with Crippen molar-refractivity contribution in [2.45, 2.75) is 19.3 Å². The van der Waals surface area contributed by atoms with Crippen LogP contribution in [-0.2, 0) is 17.6 Å². The SMILES string of the molecule is COCCCNC(=O)c1ccccc1NC(=O)c1ccccc1CCc1ccccc1. The normalized spacial score (nSPS) is 10.5. The first-order valence-corrected chi connectivity index (χ1v) is 10.5. The predicted octanol–water partition coefficient (Wildman–Crippen LogP) is 4.49. The number of hydrogen-bond acceptors (Lipinski definition) is 3. The Balaban J connectivity index is 1.70. The maximum Gasteiger partial charge on any atom is 0.255 e. The number of benzene rings is 3. The van der Waals surface area contributed by atoms with Crippen LogP contribution in [0, 0.1) is 0 Å². The van der Waals surface area contributed by atoms with Crippen molar-refractivity contribution in [2.24, 2.45) is 0 Å². The quantitative estimate of drug-likeness (QED) is 0.479.